The fourth-order valence-corrected chi connectivity index (χ4v) is 2.50. The Morgan fingerprint density at radius 1 is 1.45 bits per heavy atom. The molecule has 2 N–H and O–H groups in total. The normalized spacial score (nSPS) is 30.2. The molecule has 9 heteroatoms. The van der Waals surface area contributed by atoms with Gasteiger partial charge in [-0.1, -0.05) is 11.6 Å². The van der Waals surface area contributed by atoms with Crippen LogP contribution in [0.3, 0.4) is 0 Å². The second-order valence-corrected chi connectivity index (χ2v) is 4.79. The Balaban J connectivity index is 2.10. The van der Waals surface area contributed by atoms with E-state index in [2.05, 4.69) is 9.97 Å². The van der Waals surface area contributed by atoms with Gasteiger partial charge in [0.15, 0.2) is 18.2 Å². The number of fused-ring (bicyclic) bond motifs is 1. The summed E-state index contributed by atoms with van der Waals surface area (Å²) in [5.41, 5.74) is 0.0564. The summed E-state index contributed by atoms with van der Waals surface area (Å²) in [6.07, 6.45) is -3.59. The molecule has 0 aliphatic carbocycles. The number of alkyl halides is 1. The number of hydrogen-bond donors (Lipinski definition) is 2. The molecule has 2 aromatic rings. The maximum atomic E-state index is 14.0. The van der Waals surface area contributed by atoms with Crippen molar-refractivity contribution >= 4 is 22.6 Å². The quantitative estimate of drug-likeness (QED) is 0.803. The lowest BCUT2D eigenvalue weighted by Gasteiger charge is -2.15. The van der Waals surface area contributed by atoms with Crippen LogP contribution in [0, 0.1) is 5.82 Å². The SMILES string of the molecule is OC[C@H]1O[C@@H](n2cc(F)c3c(Cl)ncnc32)C(F)C1O. The zero-order valence-electron chi connectivity index (χ0n) is 9.95. The van der Waals surface area contributed by atoms with Crippen molar-refractivity contribution in [1.29, 1.82) is 0 Å². The lowest BCUT2D eigenvalue weighted by Crippen LogP contribution is -2.30. The highest BCUT2D eigenvalue weighted by Gasteiger charge is 2.45. The molecule has 6 nitrogen and oxygen atoms in total. The van der Waals surface area contributed by atoms with Gasteiger partial charge in [0.05, 0.1) is 12.0 Å². The first-order chi connectivity index (χ1) is 9.54. The predicted octanol–water partition coefficient (Wildman–Crippen LogP) is 0.812. The van der Waals surface area contributed by atoms with E-state index in [4.69, 9.17) is 21.4 Å². The van der Waals surface area contributed by atoms with Gasteiger partial charge in [-0.25, -0.2) is 18.7 Å². The lowest BCUT2D eigenvalue weighted by molar-refractivity contribution is -0.0459. The van der Waals surface area contributed by atoms with Crippen LogP contribution >= 0.6 is 11.6 Å². The summed E-state index contributed by atoms with van der Waals surface area (Å²) >= 11 is 5.77. The van der Waals surface area contributed by atoms with E-state index in [9.17, 15) is 13.9 Å². The van der Waals surface area contributed by atoms with Crippen molar-refractivity contribution in [3.05, 3.63) is 23.5 Å². The van der Waals surface area contributed by atoms with E-state index in [1.807, 2.05) is 0 Å². The topological polar surface area (TPSA) is 80.4 Å². The van der Waals surface area contributed by atoms with Gasteiger partial charge in [-0.2, -0.15) is 0 Å². The molecule has 0 aromatic carbocycles. The van der Waals surface area contributed by atoms with Gasteiger partial charge in [0.1, 0.15) is 29.3 Å². The van der Waals surface area contributed by atoms with Crippen molar-refractivity contribution in [2.45, 2.75) is 24.6 Å². The van der Waals surface area contributed by atoms with Crippen molar-refractivity contribution in [2.24, 2.45) is 0 Å². The van der Waals surface area contributed by atoms with E-state index in [-0.39, 0.29) is 16.2 Å². The third-order valence-corrected chi connectivity index (χ3v) is 3.55. The number of ether oxygens (including phenoxy) is 1. The first-order valence-corrected chi connectivity index (χ1v) is 6.17. The molecule has 2 unspecified atom stereocenters. The van der Waals surface area contributed by atoms with Gasteiger partial charge in [-0.3, -0.25) is 4.57 Å². The summed E-state index contributed by atoms with van der Waals surface area (Å²) in [7, 11) is 0. The van der Waals surface area contributed by atoms with Gasteiger partial charge in [-0.15, -0.1) is 0 Å². The molecular formula is C11H10ClF2N3O3. The van der Waals surface area contributed by atoms with Crippen LogP contribution in [0.5, 0.6) is 0 Å². The minimum atomic E-state index is -1.82. The Hall–Kier alpha value is -1.35. The van der Waals surface area contributed by atoms with Gasteiger partial charge >= 0.3 is 0 Å². The van der Waals surface area contributed by atoms with E-state index >= 15 is 0 Å². The summed E-state index contributed by atoms with van der Waals surface area (Å²) in [5, 5.41) is 18.4. The molecule has 1 aliphatic heterocycles. The molecule has 0 saturated carbocycles. The van der Waals surface area contributed by atoms with Crippen LogP contribution < -0.4 is 0 Å². The first-order valence-electron chi connectivity index (χ1n) is 5.79. The molecule has 1 aliphatic rings. The molecule has 3 rings (SSSR count). The summed E-state index contributed by atoms with van der Waals surface area (Å²) in [5.74, 6) is -0.719. The molecular weight excluding hydrogens is 296 g/mol. The average Bonchev–Trinajstić information content (AvgIpc) is 2.90. The van der Waals surface area contributed by atoms with Gasteiger partial charge in [0, 0.05) is 6.20 Å². The Morgan fingerprint density at radius 2 is 2.20 bits per heavy atom. The fraction of sp³-hybridized carbons (Fsp3) is 0.455. The second-order valence-electron chi connectivity index (χ2n) is 4.43. The average molecular weight is 306 g/mol. The zero-order valence-corrected chi connectivity index (χ0v) is 10.7. The van der Waals surface area contributed by atoms with Crippen molar-refractivity contribution < 1.29 is 23.7 Å². The molecule has 1 fully saturated rings. The molecule has 3 heterocycles. The highest BCUT2D eigenvalue weighted by molar-refractivity contribution is 6.33. The van der Waals surface area contributed by atoms with Gasteiger partial charge in [-0.05, 0) is 0 Å². The van der Waals surface area contributed by atoms with Crippen molar-refractivity contribution in [3.63, 3.8) is 0 Å². The smallest absolute Gasteiger partial charge is 0.173 e. The van der Waals surface area contributed by atoms with Crippen LogP contribution in [0.4, 0.5) is 8.78 Å². The molecule has 1 saturated heterocycles. The number of nitrogens with zero attached hydrogens (tertiary/aromatic N) is 3. The molecule has 0 bridgehead atoms. The zero-order chi connectivity index (χ0) is 14.4. The highest BCUT2D eigenvalue weighted by atomic mass is 35.5. The van der Waals surface area contributed by atoms with Crippen molar-refractivity contribution in [3.8, 4) is 0 Å². The Kier molecular flexibility index (Phi) is 3.33. The summed E-state index contributed by atoms with van der Waals surface area (Å²) in [4.78, 5) is 7.50. The molecule has 0 spiro atoms. The van der Waals surface area contributed by atoms with Crippen LogP contribution in [-0.4, -0.2) is 49.7 Å². The number of halogens is 3. The number of rotatable bonds is 2. The van der Waals surface area contributed by atoms with Crippen LogP contribution in [0.15, 0.2) is 12.5 Å². The maximum absolute atomic E-state index is 14.0. The molecule has 0 radical (unpaired) electrons. The number of aliphatic hydroxyl groups is 2. The van der Waals surface area contributed by atoms with Crippen LogP contribution in [0.1, 0.15) is 6.23 Å². The highest BCUT2D eigenvalue weighted by Crippen LogP contribution is 2.35. The molecule has 0 amide bonds. The predicted molar refractivity (Wildman–Crippen MR) is 64.4 cm³/mol. The van der Waals surface area contributed by atoms with Crippen molar-refractivity contribution in [2.75, 3.05) is 6.61 Å². The van der Waals surface area contributed by atoms with Crippen molar-refractivity contribution in [1.82, 2.24) is 14.5 Å². The number of hydrogen-bond acceptors (Lipinski definition) is 5. The van der Waals surface area contributed by atoms with Crippen LogP contribution in [-0.2, 0) is 4.74 Å². The number of aromatic nitrogens is 3. The Bertz CT molecular complexity index is 653. The maximum Gasteiger partial charge on any atom is 0.173 e. The van der Waals surface area contributed by atoms with Gasteiger partial charge in [0.2, 0.25) is 0 Å². The third-order valence-electron chi connectivity index (χ3n) is 3.26. The summed E-state index contributed by atoms with van der Waals surface area (Å²) in [6.45, 7) is -0.546. The monoisotopic (exact) mass is 305 g/mol. The standard InChI is InChI=1S/C11H10ClF2N3O3/c12-9-6-4(13)1-17(10(6)16-3-15-9)11-7(14)8(19)5(2-18)20-11/h1,3,5,7-8,11,18-19H,2H2/t5-,7?,8?,11-/m1/s1. The second kappa shape index (κ2) is 4.88. The van der Waals surface area contributed by atoms with Crippen LogP contribution in [0.2, 0.25) is 5.15 Å². The fourth-order valence-electron chi connectivity index (χ4n) is 2.28. The third kappa shape index (κ3) is 1.87. The lowest BCUT2D eigenvalue weighted by atomic mass is 10.1. The molecule has 4 atom stereocenters. The van der Waals surface area contributed by atoms with E-state index in [1.165, 1.54) is 0 Å². The Labute approximate surface area is 116 Å². The number of aliphatic hydroxyl groups excluding tert-OH is 2. The summed E-state index contributed by atoms with van der Waals surface area (Å²) in [6, 6.07) is 0. The van der Waals surface area contributed by atoms with Crippen LogP contribution in [0.25, 0.3) is 11.0 Å². The largest absolute Gasteiger partial charge is 0.394 e. The molecule has 108 valence electrons. The minimum absolute atomic E-state index is 0.0492. The summed E-state index contributed by atoms with van der Waals surface area (Å²) < 4.78 is 34.2. The Morgan fingerprint density at radius 3 is 2.85 bits per heavy atom. The van der Waals surface area contributed by atoms with Gasteiger partial charge in [0.25, 0.3) is 0 Å². The van der Waals surface area contributed by atoms with E-state index < -0.39 is 37.0 Å². The molecule has 20 heavy (non-hydrogen) atoms. The minimum Gasteiger partial charge on any atom is -0.394 e. The molecule has 2 aromatic heterocycles. The van der Waals surface area contributed by atoms with E-state index in [1.54, 1.807) is 0 Å². The van der Waals surface area contributed by atoms with Gasteiger partial charge < -0.3 is 14.9 Å². The van der Waals surface area contributed by atoms with E-state index in [0.29, 0.717) is 0 Å². The van der Waals surface area contributed by atoms with E-state index in [0.717, 1.165) is 17.1 Å². The first kappa shape index (κ1) is 13.6.